The summed E-state index contributed by atoms with van der Waals surface area (Å²) in [7, 11) is 1.29. The van der Waals surface area contributed by atoms with Crippen LogP contribution in [0.15, 0.2) is 0 Å². The van der Waals surface area contributed by atoms with E-state index in [2.05, 4.69) is 4.74 Å². The van der Waals surface area contributed by atoms with Crippen molar-refractivity contribution in [1.82, 2.24) is 4.90 Å². The van der Waals surface area contributed by atoms with E-state index in [1.54, 1.807) is 13.8 Å². The molecule has 0 spiro atoms. The highest BCUT2D eigenvalue weighted by Crippen LogP contribution is 2.25. The van der Waals surface area contributed by atoms with Gasteiger partial charge in [0.25, 0.3) is 5.24 Å². The van der Waals surface area contributed by atoms with Crippen molar-refractivity contribution in [3.8, 4) is 0 Å². The van der Waals surface area contributed by atoms with Crippen molar-refractivity contribution in [2.75, 3.05) is 19.4 Å². The lowest BCUT2D eigenvalue weighted by Crippen LogP contribution is -2.46. The van der Waals surface area contributed by atoms with Crippen molar-refractivity contribution in [3.05, 3.63) is 0 Å². The van der Waals surface area contributed by atoms with Crippen molar-refractivity contribution in [1.29, 1.82) is 0 Å². The van der Waals surface area contributed by atoms with Gasteiger partial charge >= 0.3 is 5.97 Å². The molecule has 1 rings (SSSR count). The largest absolute Gasteiger partial charge is 0.469 e. The minimum atomic E-state index is -0.863. The van der Waals surface area contributed by atoms with E-state index < -0.39 is 11.4 Å². The number of imide groups is 1. The van der Waals surface area contributed by atoms with Crippen LogP contribution in [-0.4, -0.2) is 41.4 Å². The van der Waals surface area contributed by atoms with Gasteiger partial charge in [-0.15, -0.1) is 0 Å². The molecule has 0 aromatic heterocycles. The summed E-state index contributed by atoms with van der Waals surface area (Å²) >= 11 is 1.10. The summed E-state index contributed by atoms with van der Waals surface area (Å²) in [5.41, 5.74) is -0.863. The summed E-state index contributed by atoms with van der Waals surface area (Å²) in [4.78, 5) is 35.6. The van der Waals surface area contributed by atoms with Crippen molar-refractivity contribution >= 4 is 28.9 Å². The second kappa shape index (κ2) is 4.86. The monoisotopic (exact) mass is 245 g/mol. The number of carbonyl (C=O) groups excluding carboxylic acids is 3. The number of carbonyl (C=O) groups is 3. The number of amides is 2. The third kappa shape index (κ3) is 2.75. The SMILES string of the molecule is COC(=O)C(C)(C)CN1C(=O)CCSC1=O. The third-order valence-electron chi connectivity index (χ3n) is 2.35. The zero-order valence-electron chi connectivity index (χ0n) is 9.61. The number of hydrogen-bond acceptors (Lipinski definition) is 5. The molecular weight excluding hydrogens is 230 g/mol. The highest BCUT2D eigenvalue weighted by molar-refractivity contribution is 8.13. The highest BCUT2D eigenvalue weighted by atomic mass is 32.2. The summed E-state index contributed by atoms with van der Waals surface area (Å²) in [6, 6.07) is 0. The van der Waals surface area contributed by atoms with E-state index in [1.165, 1.54) is 7.11 Å². The number of esters is 1. The Labute approximate surface area is 98.5 Å². The Morgan fingerprint density at radius 2 is 2.12 bits per heavy atom. The molecule has 90 valence electrons. The molecule has 1 heterocycles. The van der Waals surface area contributed by atoms with Crippen LogP contribution in [0.2, 0.25) is 0 Å². The van der Waals surface area contributed by atoms with Crippen LogP contribution in [0, 0.1) is 5.41 Å². The van der Waals surface area contributed by atoms with Crippen LogP contribution in [0.25, 0.3) is 0 Å². The first kappa shape index (κ1) is 13.0. The maximum Gasteiger partial charge on any atom is 0.313 e. The molecule has 0 unspecified atom stereocenters. The van der Waals surface area contributed by atoms with Crippen molar-refractivity contribution in [2.45, 2.75) is 20.3 Å². The Balaban J connectivity index is 2.74. The fraction of sp³-hybridized carbons (Fsp3) is 0.700. The molecule has 1 fully saturated rings. The molecule has 1 aliphatic heterocycles. The molecule has 0 radical (unpaired) electrons. The number of hydrogen-bond donors (Lipinski definition) is 0. The van der Waals surface area contributed by atoms with Gasteiger partial charge in [-0.25, -0.2) is 0 Å². The first-order valence-corrected chi connectivity index (χ1v) is 5.92. The van der Waals surface area contributed by atoms with E-state index in [0.29, 0.717) is 12.2 Å². The summed E-state index contributed by atoms with van der Waals surface area (Å²) in [5.74, 6) is -0.128. The Bertz CT molecular complexity index is 311. The third-order valence-corrected chi connectivity index (χ3v) is 3.23. The molecule has 0 saturated carbocycles. The first-order valence-electron chi connectivity index (χ1n) is 4.94. The average Bonchev–Trinajstić information content (AvgIpc) is 2.22. The second-order valence-corrected chi connectivity index (χ2v) is 5.27. The summed E-state index contributed by atoms with van der Waals surface area (Å²) in [6.07, 6.45) is 0.341. The molecule has 1 aliphatic rings. The van der Waals surface area contributed by atoms with Crippen molar-refractivity contribution < 1.29 is 19.1 Å². The predicted octanol–water partition coefficient (Wildman–Crippen LogP) is 1.27. The van der Waals surface area contributed by atoms with E-state index in [0.717, 1.165) is 16.7 Å². The normalized spacial score (nSPS) is 17.6. The maximum atomic E-state index is 11.5. The number of thioether (sulfide) groups is 1. The molecular formula is C10H15NO4S. The van der Waals surface area contributed by atoms with Crippen molar-refractivity contribution in [3.63, 3.8) is 0 Å². The molecule has 5 nitrogen and oxygen atoms in total. The summed E-state index contributed by atoms with van der Waals surface area (Å²) < 4.78 is 4.63. The molecule has 0 N–H and O–H groups in total. The van der Waals surface area contributed by atoms with Gasteiger partial charge in [-0.1, -0.05) is 11.8 Å². The Morgan fingerprint density at radius 3 is 2.62 bits per heavy atom. The van der Waals surface area contributed by atoms with Gasteiger partial charge in [-0.3, -0.25) is 19.3 Å². The maximum absolute atomic E-state index is 11.5. The van der Waals surface area contributed by atoms with Crippen LogP contribution >= 0.6 is 11.8 Å². The number of methoxy groups -OCH3 is 1. The Kier molecular flexibility index (Phi) is 3.96. The second-order valence-electron chi connectivity index (χ2n) is 4.22. The summed E-state index contributed by atoms with van der Waals surface area (Å²) in [5, 5.41) is -0.284. The fourth-order valence-electron chi connectivity index (χ4n) is 1.43. The van der Waals surface area contributed by atoms with Gasteiger partial charge in [0.15, 0.2) is 0 Å². The van der Waals surface area contributed by atoms with Crippen LogP contribution in [0.4, 0.5) is 4.79 Å². The van der Waals surface area contributed by atoms with Crippen LogP contribution < -0.4 is 0 Å². The van der Waals surface area contributed by atoms with E-state index in [1.807, 2.05) is 0 Å². The predicted molar refractivity (Wildman–Crippen MR) is 60.0 cm³/mol. The molecule has 2 amide bonds. The van der Waals surface area contributed by atoms with Crippen LogP contribution in [0.3, 0.4) is 0 Å². The first-order chi connectivity index (χ1) is 7.38. The van der Waals surface area contributed by atoms with E-state index in [-0.39, 0.29) is 17.7 Å². The Morgan fingerprint density at radius 1 is 1.50 bits per heavy atom. The molecule has 0 atom stereocenters. The zero-order chi connectivity index (χ0) is 12.3. The molecule has 0 aliphatic carbocycles. The smallest absolute Gasteiger partial charge is 0.313 e. The van der Waals surface area contributed by atoms with Gasteiger partial charge in [0, 0.05) is 18.7 Å². The van der Waals surface area contributed by atoms with E-state index in [9.17, 15) is 14.4 Å². The van der Waals surface area contributed by atoms with Gasteiger partial charge in [0.2, 0.25) is 5.91 Å². The van der Waals surface area contributed by atoms with Gasteiger partial charge in [0.05, 0.1) is 12.5 Å². The lowest BCUT2D eigenvalue weighted by atomic mass is 9.93. The molecule has 0 aromatic carbocycles. The minimum Gasteiger partial charge on any atom is -0.469 e. The van der Waals surface area contributed by atoms with Crippen LogP contribution in [0.5, 0.6) is 0 Å². The molecule has 1 saturated heterocycles. The van der Waals surface area contributed by atoms with Gasteiger partial charge < -0.3 is 4.74 Å². The molecule has 0 bridgehead atoms. The lowest BCUT2D eigenvalue weighted by molar-refractivity contribution is -0.152. The average molecular weight is 245 g/mol. The molecule has 0 aromatic rings. The van der Waals surface area contributed by atoms with E-state index >= 15 is 0 Å². The fourth-order valence-corrected chi connectivity index (χ4v) is 2.20. The number of rotatable bonds is 3. The lowest BCUT2D eigenvalue weighted by Gasteiger charge is -2.31. The highest BCUT2D eigenvalue weighted by Gasteiger charge is 2.37. The van der Waals surface area contributed by atoms with Crippen molar-refractivity contribution in [2.24, 2.45) is 5.41 Å². The quantitative estimate of drug-likeness (QED) is 0.701. The number of ether oxygens (including phenoxy) is 1. The number of nitrogens with zero attached hydrogens (tertiary/aromatic N) is 1. The van der Waals surface area contributed by atoms with Gasteiger partial charge in [-0.05, 0) is 13.8 Å². The van der Waals surface area contributed by atoms with E-state index in [4.69, 9.17) is 0 Å². The summed E-state index contributed by atoms with van der Waals surface area (Å²) in [6.45, 7) is 3.38. The molecule has 16 heavy (non-hydrogen) atoms. The topological polar surface area (TPSA) is 63.7 Å². The Hall–Kier alpha value is -1.04. The van der Waals surface area contributed by atoms with Gasteiger partial charge in [0.1, 0.15) is 0 Å². The molecule has 6 heteroatoms. The minimum absolute atomic E-state index is 0.0737. The van der Waals surface area contributed by atoms with Crippen LogP contribution in [-0.2, 0) is 14.3 Å². The van der Waals surface area contributed by atoms with Gasteiger partial charge in [-0.2, -0.15) is 0 Å². The van der Waals surface area contributed by atoms with Crippen LogP contribution in [0.1, 0.15) is 20.3 Å². The zero-order valence-corrected chi connectivity index (χ0v) is 10.4. The standard InChI is InChI=1S/C10H15NO4S/c1-10(2,8(13)15-3)6-11-7(12)4-5-16-9(11)14/h4-6H2,1-3H3.